The third-order valence-electron chi connectivity index (χ3n) is 4.87. The fourth-order valence-electron chi connectivity index (χ4n) is 3.68. The Morgan fingerprint density at radius 1 is 1.35 bits per heavy atom. The van der Waals surface area contributed by atoms with Crippen molar-refractivity contribution in [2.75, 3.05) is 0 Å². The molecule has 0 saturated carbocycles. The molecule has 0 saturated heterocycles. The molecule has 2 aromatic heterocycles. The number of carboxylic acids is 1. The Labute approximate surface area is 154 Å². The van der Waals surface area contributed by atoms with E-state index in [0.29, 0.717) is 18.8 Å². The monoisotopic (exact) mass is 368 g/mol. The van der Waals surface area contributed by atoms with Gasteiger partial charge in [-0.25, -0.2) is 4.98 Å². The number of hydrogen-bond donors (Lipinski definition) is 1. The molecule has 2 heterocycles. The van der Waals surface area contributed by atoms with Gasteiger partial charge in [-0.1, -0.05) is 23.8 Å². The molecule has 26 heavy (non-hydrogen) atoms. The van der Waals surface area contributed by atoms with Crippen molar-refractivity contribution in [2.24, 2.45) is 0 Å². The summed E-state index contributed by atoms with van der Waals surface area (Å²) in [6.45, 7) is 2.37. The number of aliphatic carboxylic acids is 1. The first kappa shape index (κ1) is 17.0. The number of carboxylic acid groups (broad SMARTS) is 1. The van der Waals surface area contributed by atoms with Crippen LogP contribution in [0.15, 0.2) is 29.1 Å². The summed E-state index contributed by atoms with van der Waals surface area (Å²) in [5.74, 6) is -0.211. The lowest BCUT2D eigenvalue weighted by molar-refractivity contribution is -0.137. The average molecular weight is 368 g/mol. The van der Waals surface area contributed by atoms with E-state index in [9.17, 15) is 9.59 Å². The van der Waals surface area contributed by atoms with Gasteiger partial charge >= 0.3 is 5.97 Å². The van der Waals surface area contributed by atoms with Gasteiger partial charge in [0, 0.05) is 23.4 Å². The number of fused-ring (bicyclic) bond motifs is 3. The Balaban J connectivity index is 1.90. The summed E-state index contributed by atoms with van der Waals surface area (Å²) < 4.78 is 1.67. The minimum atomic E-state index is -0.847. The summed E-state index contributed by atoms with van der Waals surface area (Å²) in [4.78, 5) is 31.1. The molecule has 1 aliphatic rings. The molecule has 0 bridgehead atoms. The minimum absolute atomic E-state index is 0.0312. The summed E-state index contributed by atoms with van der Waals surface area (Å²) in [5.41, 5.74) is 3.12. The van der Waals surface area contributed by atoms with E-state index >= 15 is 0 Å². The molecule has 1 N–H and O–H groups in total. The lowest BCUT2D eigenvalue weighted by Gasteiger charge is -2.13. The van der Waals surface area contributed by atoms with Crippen LogP contribution in [0.4, 0.5) is 0 Å². The minimum Gasteiger partial charge on any atom is -0.481 e. The second-order valence-corrected chi connectivity index (χ2v) is 7.88. The van der Waals surface area contributed by atoms with Crippen LogP contribution >= 0.6 is 11.3 Å². The molecule has 6 heteroatoms. The second-order valence-electron chi connectivity index (χ2n) is 6.80. The van der Waals surface area contributed by atoms with Gasteiger partial charge in [0.25, 0.3) is 5.56 Å². The van der Waals surface area contributed by atoms with E-state index in [0.717, 1.165) is 46.2 Å². The number of aryl methyl sites for hydroxylation is 3. The van der Waals surface area contributed by atoms with Gasteiger partial charge in [-0.05, 0) is 44.2 Å². The predicted molar refractivity (Wildman–Crippen MR) is 103 cm³/mol. The number of hydrogen-bond acceptors (Lipinski definition) is 4. The second kappa shape index (κ2) is 6.68. The van der Waals surface area contributed by atoms with Gasteiger partial charge in [-0.2, -0.15) is 0 Å². The van der Waals surface area contributed by atoms with Crippen LogP contribution in [0.25, 0.3) is 21.6 Å². The zero-order chi connectivity index (χ0) is 18.3. The number of aromatic nitrogens is 2. The molecule has 0 aliphatic heterocycles. The molecule has 0 unspecified atom stereocenters. The molecular formula is C20H20N2O3S. The van der Waals surface area contributed by atoms with E-state index in [2.05, 4.69) is 0 Å². The highest BCUT2D eigenvalue weighted by molar-refractivity contribution is 7.18. The van der Waals surface area contributed by atoms with Crippen molar-refractivity contribution in [3.8, 4) is 11.4 Å². The quantitative estimate of drug-likeness (QED) is 0.744. The maximum absolute atomic E-state index is 13.3. The van der Waals surface area contributed by atoms with Crippen LogP contribution < -0.4 is 5.56 Å². The number of benzene rings is 1. The Hall–Kier alpha value is -2.47. The molecular weight excluding hydrogens is 348 g/mol. The fraction of sp³-hybridized carbons (Fsp3) is 0.350. The van der Waals surface area contributed by atoms with Crippen molar-refractivity contribution in [3.63, 3.8) is 0 Å². The van der Waals surface area contributed by atoms with Crippen LogP contribution in [0.3, 0.4) is 0 Å². The van der Waals surface area contributed by atoms with Crippen LogP contribution in [0.5, 0.6) is 0 Å². The molecule has 3 aromatic rings. The van der Waals surface area contributed by atoms with Gasteiger partial charge in [0.1, 0.15) is 10.7 Å². The molecule has 0 fully saturated rings. The first-order valence-electron chi connectivity index (χ1n) is 8.88. The van der Waals surface area contributed by atoms with E-state index in [-0.39, 0.29) is 12.0 Å². The highest BCUT2D eigenvalue weighted by Gasteiger charge is 2.23. The van der Waals surface area contributed by atoms with Crippen molar-refractivity contribution < 1.29 is 9.90 Å². The summed E-state index contributed by atoms with van der Waals surface area (Å²) in [6, 6.07) is 7.93. The van der Waals surface area contributed by atoms with Crippen molar-refractivity contribution in [1.82, 2.24) is 9.55 Å². The molecule has 0 spiro atoms. The Kier molecular flexibility index (Phi) is 4.36. The zero-order valence-electron chi connectivity index (χ0n) is 14.6. The SMILES string of the molecule is Cc1cccc(-c2nc3sc4c(c3c(=O)n2CCCC(=O)O)CCC4)c1. The topological polar surface area (TPSA) is 72.2 Å². The van der Waals surface area contributed by atoms with Gasteiger partial charge in [0.15, 0.2) is 0 Å². The Morgan fingerprint density at radius 3 is 2.96 bits per heavy atom. The average Bonchev–Trinajstić information content (AvgIpc) is 3.16. The molecule has 4 rings (SSSR count). The van der Waals surface area contributed by atoms with Gasteiger partial charge in [-0.3, -0.25) is 14.2 Å². The molecule has 1 aliphatic carbocycles. The van der Waals surface area contributed by atoms with Crippen molar-refractivity contribution in [2.45, 2.75) is 45.6 Å². The van der Waals surface area contributed by atoms with Crippen LogP contribution in [0.1, 0.15) is 35.3 Å². The molecule has 0 radical (unpaired) electrons. The Bertz CT molecular complexity index is 1060. The van der Waals surface area contributed by atoms with Crippen molar-refractivity contribution in [1.29, 1.82) is 0 Å². The summed E-state index contributed by atoms with van der Waals surface area (Å²) in [5, 5.41) is 9.69. The van der Waals surface area contributed by atoms with Crippen LogP contribution in [-0.4, -0.2) is 20.6 Å². The maximum atomic E-state index is 13.3. The van der Waals surface area contributed by atoms with Gasteiger partial charge in [0.05, 0.1) is 5.39 Å². The van der Waals surface area contributed by atoms with Gasteiger partial charge < -0.3 is 5.11 Å². The van der Waals surface area contributed by atoms with Crippen molar-refractivity contribution >= 4 is 27.5 Å². The molecule has 0 atom stereocenters. The first-order valence-corrected chi connectivity index (χ1v) is 9.70. The number of rotatable bonds is 5. The normalized spacial score (nSPS) is 13.3. The smallest absolute Gasteiger partial charge is 0.303 e. The number of thiophene rings is 1. The number of carbonyl (C=O) groups is 1. The summed E-state index contributed by atoms with van der Waals surface area (Å²) in [7, 11) is 0. The fourth-order valence-corrected chi connectivity index (χ4v) is 4.93. The zero-order valence-corrected chi connectivity index (χ0v) is 15.4. The van der Waals surface area contributed by atoms with Crippen LogP contribution in [0.2, 0.25) is 0 Å². The Morgan fingerprint density at radius 2 is 2.19 bits per heavy atom. The lowest BCUT2D eigenvalue weighted by Crippen LogP contribution is -2.24. The highest BCUT2D eigenvalue weighted by atomic mass is 32.1. The van der Waals surface area contributed by atoms with Crippen LogP contribution in [0, 0.1) is 6.92 Å². The molecule has 0 amide bonds. The standard InChI is InChI=1S/C20H20N2O3S/c1-12-5-2-6-13(11-12)18-21-19-17(14-7-3-8-15(14)26-19)20(25)22(18)10-4-9-16(23)24/h2,5-6,11H,3-4,7-10H2,1H3,(H,23,24). The first-order chi connectivity index (χ1) is 12.5. The highest BCUT2D eigenvalue weighted by Crippen LogP contribution is 2.35. The van der Waals surface area contributed by atoms with Gasteiger partial charge in [-0.15, -0.1) is 11.3 Å². The third kappa shape index (κ3) is 2.94. The molecule has 1 aromatic carbocycles. The molecule has 5 nitrogen and oxygen atoms in total. The van der Waals surface area contributed by atoms with E-state index in [1.165, 1.54) is 4.88 Å². The van der Waals surface area contributed by atoms with E-state index in [1.807, 2.05) is 31.2 Å². The molecule has 134 valence electrons. The number of nitrogens with zero attached hydrogens (tertiary/aromatic N) is 2. The lowest BCUT2D eigenvalue weighted by atomic mass is 10.1. The van der Waals surface area contributed by atoms with Crippen molar-refractivity contribution in [3.05, 3.63) is 50.6 Å². The largest absolute Gasteiger partial charge is 0.481 e. The third-order valence-corrected chi connectivity index (χ3v) is 6.06. The van der Waals surface area contributed by atoms with Crippen LogP contribution in [-0.2, 0) is 24.2 Å². The summed E-state index contributed by atoms with van der Waals surface area (Å²) >= 11 is 1.63. The van der Waals surface area contributed by atoms with E-state index < -0.39 is 5.97 Å². The maximum Gasteiger partial charge on any atom is 0.303 e. The van der Waals surface area contributed by atoms with E-state index in [1.54, 1.807) is 15.9 Å². The predicted octanol–water partition coefficient (Wildman–Crippen LogP) is 3.79. The van der Waals surface area contributed by atoms with Gasteiger partial charge in [0.2, 0.25) is 0 Å². The van der Waals surface area contributed by atoms with E-state index in [4.69, 9.17) is 10.1 Å². The summed E-state index contributed by atoms with van der Waals surface area (Å²) in [6.07, 6.45) is 3.50.